The van der Waals surface area contributed by atoms with Crippen LogP contribution in [0.1, 0.15) is 17.3 Å². The summed E-state index contributed by atoms with van der Waals surface area (Å²) in [7, 11) is 1.53. The number of halogens is 2. The fourth-order valence-electron chi connectivity index (χ4n) is 1.60. The highest BCUT2D eigenvalue weighted by Crippen LogP contribution is 2.18. The first kappa shape index (κ1) is 18.2. The van der Waals surface area contributed by atoms with E-state index in [1.165, 1.54) is 14.0 Å². The van der Waals surface area contributed by atoms with Crippen LogP contribution in [0.5, 0.6) is 0 Å². The van der Waals surface area contributed by atoms with Gasteiger partial charge in [-0.3, -0.25) is 14.8 Å². The molecule has 0 aliphatic heterocycles. The van der Waals surface area contributed by atoms with Crippen molar-refractivity contribution in [2.24, 2.45) is 7.05 Å². The molecule has 0 bridgehead atoms. The van der Waals surface area contributed by atoms with Crippen LogP contribution in [-0.2, 0) is 7.05 Å². The van der Waals surface area contributed by atoms with Crippen LogP contribution in [0.15, 0.2) is 55.1 Å². The predicted molar refractivity (Wildman–Crippen MR) is 94.6 cm³/mol. The van der Waals surface area contributed by atoms with Crippen molar-refractivity contribution in [3.05, 3.63) is 62.0 Å². The number of carbonyl (C=O) groups excluding carboxylic acids is 1. The van der Waals surface area contributed by atoms with Gasteiger partial charge in [0.15, 0.2) is 5.78 Å². The number of hydrogen-bond acceptors (Lipinski definition) is 6. The Labute approximate surface area is 154 Å². The largest absolute Gasteiger partial charge is 0.437 e. The van der Waals surface area contributed by atoms with Crippen LogP contribution in [0, 0.1) is 0 Å². The van der Waals surface area contributed by atoms with Crippen LogP contribution in [0.2, 0.25) is 0 Å². The van der Waals surface area contributed by atoms with Crippen LogP contribution in [-0.4, -0.2) is 25.5 Å². The molecule has 0 radical (unpaired) electrons. The number of hydrogen-bond donors (Lipinski definition) is 0. The van der Waals surface area contributed by atoms with E-state index >= 15 is 0 Å². The topological polar surface area (TPSA) is 90.9 Å². The number of ketones is 1. The molecule has 3 heterocycles. The molecule has 124 valence electrons. The fraction of sp³-hybridized carbons (Fsp3) is 0.133. The highest BCUT2D eigenvalue weighted by atomic mass is 79.9. The third-order valence-corrected chi connectivity index (χ3v) is 3.62. The predicted octanol–water partition coefficient (Wildman–Crippen LogP) is 3.24. The number of carbonyl (C=O) groups is 1. The zero-order valence-electron chi connectivity index (χ0n) is 12.7. The minimum Gasteiger partial charge on any atom is -0.388 e. The van der Waals surface area contributed by atoms with Crippen molar-refractivity contribution in [1.29, 1.82) is 0 Å². The molecule has 0 amide bonds. The highest BCUT2D eigenvalue weighted by Gasteiger charge is 2.07. The molecule has 0 unspecified atom stereocenters. The molecule has 3 aromatic rings. The number of aryl methyl sites for hydroxylation is 1. The Bertz CT molecular complexity index is 921. The van der Waals surface area contributed by atoms with Gasteiger partial charge >= 0.3 is 5.76 Å². The monoisotopic (exact) mass is 454 g/mol. The number of aromatic nitrogens is 4. The molecule has 0 saturated carbocycles. The standard InChI is InChI=1S/C8H6BrN3O2.C7H6BrNO/c1-12-8(13)14-7(11-12)5-2-6(9)4-10-3-5;1-5(10)6-2-7(8)4-9-3-6/h2-4H,1H3;2-4H,1H3. The summed E-state index contributed by atoms with van der Waals surface area (Å²) in [5, 5.41) is 3.90. The second kappa shape index (κ2) is 8.11. The van der Waals surface area contributed by atoms with E-state index in [-0.39, 0.29) is 11.7 Å². The Balaban J connectivity index is 0.000000185. The number of rotatable bonds is 2. The first-order chi connectivity index (χ1) is 11.4. The summed E-state index contributed by atoms with van der Waals surface area (Å²) in [5.74, 6) is -0.180. The van der Waals surface area contributed by atoms with Gasteiger partial charge in [0, 0.05) is 46.3 Å². The zero-order chi connectivity index (χ0) is 17.7. The summed E-state index contributed by atoms with van der Waals surface area (Å²) in [6, 6.07) is 3.52. The van der Waals surface area contributed by atoms with Gasteiger partial charge in [0.2, 0.25) is 0 Å². The summed E-state index contributed by atoms with van der Waals surface area (Å²) >= 11 is 6.48. The average molecular weight is 456 g/mol. The Morgan fingerprint density at radius 3 is 2.17 bits per heavy atom. The van der Waals surface area contributed by atoms with Crippen molar-refractivity contribution in [2.45, 2.75) is 6.92 Å². The summed E-state index contributed by atoms with van der Waals surface area (Å²) in [4.78, 5) is 29.5. The van der Waals surface area contributed by atoms with Gasteiger partial charge in [0.1, 0.15) is 0 Å². The molecule has 0 N–H and O–H groups in total. The maximum absolute atomic E-state index is 11.0. The third-order valence-electron chi connectivity index (χ3n) is 2.75. The molecule has 0 saturated heterocycles. The number of pyridine rings is 2. The Kier molecular flexibility index (Phi) is 6.16. The van der Waals surface area contributed by atoms with E-state index in [2.05, 4.69) is 46.9 Å². The summed E-state index contributed by atoms with van der Waals surface area (Å²) < 4.78 is 7.67. The number of Topliss-reactive ketones (excluding diaryl/α,β-unsaturated/α-hetero) is 1. The minimum atomic E-state index is -0.486. The lowest BCUT2D eigenvalue weighted by molar-refractivity contribution is 0.101. The molecular formula is C15H12Br2N4O3. The van der Waals surface area contributed by atoms with Gasteiger partial charge in [-0.15, -0.1) is 5.10 Å². The van der Waals surface area contributed by atoms with Gasteiger partial charge < -0.3 is 4.42 Å². The van der Waals surface area contributed by atoms with Gasteiger partial charge in [-0.1, -0.05) is 0 Å². The van der Waals surface area contributed by atoms with Gasteiger partial charge in [0.25, 0.3) is 5.89 Å². The zero-order valence-corrected chi connectivity index (χ0v) is 15.9. The highest BCUT2D eigenvalue weighted by molar-refractivity contribution is 9.10. The van der Waals surface area contributed by atoms with Crippen LogP contribution in [0.3, 0.4) is 0 Å². The van der Waals surface area contributed by atoms with Gasteiger partial charge in [-0.05, 0) is 50.9 Å². The Morgan fingerprint density at radius 1 is 1.08 bits per heavy atom. The Hall–Kier alpha value is -2.13. The first-order valence-corrected chi connectivity index (χ1v) is 8.22. The molecule has 3 aromatic heterocycles. The molecule has 0 spiro atoms. The van der Waals surface area contributed by atoms with Gasteiger partial charge in [-0.2, -0.15) is 4.68 Å². The molecule has 9 heteroatoms. The van der Waals surface area contributed by atoms with Crippen LogP contribution in [0.4, 0.5) is 0 Å². The lowest BCUT2D eigenvalue weighted by Gasteiger charge is -1.93. The van der Waals surface area contributed by atoms with Crippen molar-refractivity contribution < 1.29 is 9.21 Å². The Morgan fingerprint density at radius 2 is 1.71 bits per heavy atom. The van der Waals surface area contributed by atoms with E-state index in [4.69, 9.17) is 4.42 Å². The van der Waals surface area contributed by atoms with E-state index in [1.54, 1.807) is 36.9 Å². The quantitative estimate of drug-likeness (QED) is 0.551. The lowest BCUT2D eigenvalue weighted by atomic mass is 10.2. The summed E-state index contributed by atoms with van der Waals surface area (Å²) in [6.45, 7) is 1.52. The van der Waals surface area contributed by atoms with E-state index in [1.807, 2.05) is 0 Å². The maximum Gasteiger partial charge on any atom is 0.437 e. The molecule has 0 fully saturated rings. The first-order valence-electron chi connectivity index (χ1n) is 6.63. The van der Waals surface area contributed by atoms with E-state index in [0.717, 1.165) is 13.6 Å². The van der Waals surface area contributed by atoms with E-state index < -0.39 is 5.76 Å². The molecule has 3 rings (SSSR count). The smallest absolute Gasteiger partial charge is 0.388 e. The van der Waals surface area contributed by atoms with E-state index in [0.29, 0.717) is 11.1 Å². The number of nitrogens with zero attached hydrogens (tertiary/aromatic N) is 4. The normalized spacial score (nSPS) is 10.0. The molecule has 0 aliphatic rings. The van der Waals surface area contributed by atoms with Crippen LogP contribution >= 0.6 is 31.9 Å². The fourth-order valence-corrected chi connectivity index (χ4v) is 2.33. The van der Waals surface area contributed by atoms with Crippen molar-refractivity contribution in [1.82, 2.24) is 19.7 Å². The SMILES string of the molecule is CC(=O)c1cncc(Br)c1.Cn1nc(-c2cncc(Br)c2)oc1=O. The van der Waals surface area contributed by atoms with Crippen LogP contribution in [0.25, 0.3) is 11.5 Å². The maximum atomic E-state index is 11.0. The molecule has 7 nitrogen and oxygen atoms in total. The van der Waals surface area contributed by atoms with Gasteiger partial charge in [0.05, 0.1) is 5.56 Å². The van der Waals surface area contributed by atoms with Crippen molar-refractivity contribution >= 4 is 37.6 Å². The van der Waals surface area contributed by atoms with Gasteiger partial charge in [-0.25, -0.2) is 4.79 Å². The minimum absolute atomic E-state index is 0.0359. The molecule has 0 aliphatic carbocycles. The molecular weight excluding hydrogens is 444 g/mol. The lowest BCUT2D eigenvalue weighted by Crippen LogP contribution is -2.09. The second-order valence-corrected chi connectivity index (χ2v) is 6.47. The summed E-state index contributed by atoms with van der Waals surface area (Å²) in [5.41, 5.74) is 1.30. The molecule has 0 atom stereocenters. The summed E-state index contributed by atoms with van der Waals surface area (Å²) in [6.07, 6.45) is 6.42. The molecule has 24 heavy (non-hydrogen) atoms. The van der Waals surface area contributed by atoms with Crippen LogP contribution < -0.4 is 5.76 Å². The van der Waals surface area contributed by atoms with Crippen molar-refractivity contribution in [2.75, 3.05) is 0 Å². The van der Waals surface area contributed by atoms with Crippen molar-refractivity contribution in [3.8, 4) is 11.5 Å². The van der Waals surface area contributed by atoms with E-state index in [9.17, 15) is 9.59 Å². The second-order valence-electron chi connectivity index (χ2n) is 4.64. The third kappa shape index (κ3) is 4.93. The van der Waals surface area contributed by atoms with Crippen molar-refractivity contribution in [3.63, 3.8) is 0 Å². The average Bonchev–Trinajstić information content (AvgIpc) is 2.87. The molecule has 0 aromatic carbocycles.